The zero-order valence-electron chi connectivity index (χ0n) is 17.8. The van der Waals surface area contributed by atoms with E-state index >= 15 is 0 Å². The Kier molecular flexibility index (Phi) is 6.77. The maximum absolute atomic E-state index is 13.2. The Labute approximate surface area is 205 Å². The van der Waals surface area contributed by atoms with Crippen LogP contribution in [0.3, 0.4) is 0 Å². The van der Waals surface area contributed by atoms with Gasteiger partial charge in [-0.3, -0.25) is 14.9 Å². The lowest BCUT2D eigenvalue weighted by Gasteiger charge is -2.26. The lowest BCUT2D eigenvalue weighted by Crippen LogP contribution is -2.54. The summed E-state index contributed by atoms with van der Waals surface area (Å²) in [6, 6.07) is 19.5. The normalized spacial score (nSPS) is 15.2. The molecule has 1 heterocycles. The number of carbonyl (C=O) groups excluding carboxylic acids is 3. The summed E-state index contributed by atoms with van der Waals surface area (Å²) < 4.78 is 0.956. The van der Waals surface area contributed by atoms with Gasteiger partial charge in [0.1, 0.15) is 5.57 Å². The van der Waals surface area contributed by atoms with Gasteiger partial charge < -0.3 is 0 Å². The Morgan fingerprint density at radius 1 is 0.970 bits per heavy atom. The van der Waals surface area contributed by atoms with Crippen molar-refractivity contribution < 1.29 is 14.4 Å². The van der Waals surface area contributed by atoms with Crippen LogP contribution >= 0.6 is 27.5 Å². The molecule has 1 saturated heterocycles. The summed E-state index contributed by atoms with van der Waals surface area (Å²) in [7, 11) is 0. The highest BCUT2D eigenvalue weighted by atomic mass is 79.9. The number of aryl methyl sites for hydroxylation is 1. The Morgan fingerprint density at radius 2 is 1.70 bits per heavy atom. The molecule has 166 valence electrons. The molecule has 33 heavy (non-hydrogen) atoms. The van der Waals surface area contributed by atoms with Gasteiger partial charge in [-0.2, -0.15) is 0 Å². The molecule has 1 aliphatic rings. The van der Waals surface area contributed by atoms with Crippen molar-refractivity contribution in [3.63, 3.8) is 0 Å². The third-order valence-electron chi connectivity index (χ3n) is 5.45. The molecule has 0 atom stereocenters. The first-order valence-electron chi connectivity index (χ1n) is 10.4. The van der Waals surface area contributed by atoms with Crippen LogP contribution in [0.15, 0.2) is 76.8 Å². The van der Waals surface area contributed by atoms with Crippen molar-refractivity contribution in [3.8, 4) is 0 Å². The summed E-state index contributed by atoms with van der Waals surface area (Å²) in [5, 5.41) is 2.74. The van der Waals surface area contributed by atoms with Crippen LogP contribution in [-0.4, -0.2) is 17.8 Å². The van der Waals surface area contributed by atoms with E-state index in [-0.39, 0.29) is 5.57 Å². The molecule has 0 aromatic heterocycles. The molecule has 4 amide bonds. The molecule has 0 saturated carbocycles. The summed E-state index contributed by atoms with van der Waals surface area (Å²) in [6.07, 6.45) is 2.89. The van der Waals surface area contributed by atoms with Crippen LogP contribution in [0.5, 0.6) is 0 Å². The minimum atomic E-state index is -0.772. The van der Waals surface area contributed by atoms with Crippen LogP contribution < -0.4 is 10.2 Å². The number of amides is 4. The maximum atomic E-state index is 13.2. The van der Waals surface area contributed by atoms with E-state index in [1.807, 2.05) is 49.4 Å². The van der Waals surface area contributed by atoms with Crippen molar-refractivity contribution >= 4 is 57.1 Å². The third kappa shape index (κ3) is 4.92. The quantitative estimate of drug-likeness (QED) is 0.333. The van der Waals surface area contributed by atoms with Gasteiger partial charge in [-0.05, 0) is 71.5 Å². The van der Waals surface area contributed by atoms with Crippen molar-refractivity contribution in [2.45, 2.75) is 19.8 Å². The molecule has 0 spiro atoms. The largest absolute Gasteiger partial charge is 0.335 e. The predicted octanol–water partition coefficient (Wildman–Crippen LogP) is 5.92. The average Bonchev–Trinajstić information content (AvgIpc) is 2.80. The molecule has 5 nitrogen and oxygen atoms in total. The highest BCUT2D eigenvalue weighted by Gasteiger charge is 2.36. The molecule has 3 aromatic rings. The van der Waals surface area contributed by atoms with Crippen LogP contribution in [0.25, 0.3) is 6.08 Å². The Bertz CT molecular complexity index is 1280. The second kappa shape index (κ2) is 9.73. The number of benzene rings is 3. The zero-order chi connectivity index (χ0) is 23.5. The van der Waals surface area contributed by atoms with Gasteiger partial charge in [-0.1, -0.05) is 70.9 Å². The van der Waals surface area contributed by atoms with Crippen molar-refractivity contribution in [2.75, 3.05) is 4.90 Å². The van der Waals surface area contributed by atoms with Gasteiger partial charge in [0.05, 0.1) is 5.69 Å². The van der Waals surface area contributed by atoms with Crippen molar-refractivity contribution in [1.29, 1.82) is 0 Å². The van der Waals surface area contributed by atoms with Crippen LogP contribution in [0.2, 0.25) is 5.02 Å². The van der Waals surface area contributed by atoms with Gasteiger partial charge in [0, 0.05) is 9.50 Å². The minimum Gasteiger partial charge on any atom is -0.273 e. The van der Waals surface area contributed by atoms with Gasteiger partial charge in [0.25, 0.3) is 11.8 Å². The summed E-state index contributed by atoms with van der Waals surface area (Å²) in [4.78, 5) is 39.3. The molecule has 4 rings (SSSR count). The number of urea groups is 1. The van der Waals surface area contributed by atoms with Gasteiger partial charge in [-0.25, -0.2) is 9.69 Å². The first kappa shape index (κ1) is 23.0. The van der Waals surface area contributed by atoms with E-state index < -0.39 is 17.8 Å². The van der Waals surface area contributed by atoms with Crippen molar-refractivity contribution in [1.82, 2.24) is 5.32 Å². The number of rotatable bonds is 5. The molecule has 1 fully saturated rings. The number of imide groups is 2. The third-order valence-corrected chi connectivity index (χ3v) is 6.46. The summed E-state index contributed by atoms with van der Waals surface area (Å²) >= 11 is 9.79. The fraction of sp³-hybridized carbons (Fsp3) is 0.115. The van der Waals surface area contributed by atoms with E-state index in [0.717, 1.165) is 32.5 Å². The van der Waals surface area contributed by atoms with Gasteiger partial charge >= 0.3 is 6.03 Å². The Morgan fingerprint density at radius 3 is 2.39 bits per heavy atom. The topological polar surface area (TPSA) is 66.5 Å². The number of hydrogen-bond acceptors (Lipinski definition) is 3. The number of barbiturate groups is 1. The Hall–Kier alpha value is -3.22. The van der Waals surface area contributed by atoms with Crippen LogP contribution in [0.1, 0.15) is 29.2 Å². The molecular weight excluding hydrogens is 504 g/mol. The standard InChI is InChI=1S/C26H20BrClN2O3/c1-2-16-7-11-21(12-8-16)30-25(32)22(24(31)29-26(30)33)15-19-14-20(28)10-9-17(19)13-18-5-3-4-6-23(18)27/h3-12,14-15H,2,13H2,1H3,(H,29,31,33)/b22-15+. The summed E-state index contributed by atoms with van der Waals surface area (Å²) in [5.74, 6) is -1.42. The van der Waals surface area contributed by atoms with Gasteiger partial charge in [-0.15, -0.1) is 0 Å². The zero-order valence-corrected chi connectivity index (χ0v) is 20.1. The van der Waals surface area contributed by atoms with Crippen LogP contribution in [0, 0.1) is 0 Å². The lowest BCUT2D eigenvalue weighted by atomic mass is 9.97. The van der Waals surface area contributed by atoms with Crippen molar-refractivity contribution in [3.05, 3.63) is 104 Å². The average molecular weight is 524 g/mol. The monoisotopic (exact) mass is 522 g/mol. The number of nitrogens with zero attached hydrogens (tertiary/aromatic N) is 1. The molecule has 1 N–H and O–H groups in total. The second-order valence-electron chi connectivity index (χ2n) is 7.59. The molecule has 3 aromatic carbocycles. The van der Waals surface area contributed by atoms with E-state index in [9.17, 15) is 14.4 Å². The molecular formula is C26H20BrClN2O3. The number of hydrogen-bond donors (Lipinski definition) is 1. The molecule has 1 aliphatic heterocycles. The maximum Gasteiger partial charge on any atom is 0.335 e. The highest BCUT2D eigenvalue weighted by Crippen LogP contribution is 2.27. The summed E-state index contributed by atoms with van der Waals surface area (Å²) in [6.45, 7) is 2.02. The molecule has 7 heteroatoms. The van der Waals surface area contributed by atoms with E-state index in [1.165, 1.54) is 6.08 Å². The number of halogens is 2. The second-order valence-corrected chi connectivity index (χ2v) is 8.88. The van der Waals surface area contributed by atoms with E-state index in [1.54, 1.807) is 24.3 Å². The molecule has 0 bridgehead atoms. The lowest BCUT2D eigenvalue weighted by molar-refractivity contribution is -0.122. The van der Waals surface area contributed by atoms with Crippen LogP contribution in [0.4, 0.5) is 10.5 Å². The number of nitrogens with one attached hydrogen (secondary N) is 1. The SMILES string of the molecule is CCc1ccc(N2C(=O)NC(=O)/C(=C\c3cc(Cl)ccc3Cc3ccccc3Br)C2=O)cc1. The first-order chi connectivity index (χ1) is 15.9. The Balaban J connectivity index is 1.73. The smallest absolute Gasteiger partial charge is 0.273 e. The summed E-state index contributed by atoms with van der Waals surface area (Å²) in [5.41, 5.74) is 3.90. The van der Waals surface area contributed by atoms with E-state index in [2.05, 4.69) is 21.2 Å². The molecule has 0 radical (unpaired) electrons. The fourth-order valence-corrected chi connectivity index (χ4v) is 4.24. The minimum absolute atomic E-state index is 0.134. The highest BCUT2D eigenvalue weighted by molar-refractivity contribution is 9.10. The predicted molar refractivity (Wildman–Crippen MR) is 133 cm³/mol. The number of anilines is 1. The van der Waals surface area contributed by atoms with E-state index in [4.69, 9.17) is 11.6 Å². The fourth-order valence-electron chi connectivity index (χ4n) is 3.64. The van der Waals surface area contributed by atoms with Crippen LogP contribution in [-0.2, 0) is 22.4 Å². The molecule has 0 aliphatic carbocycles. The first-order valence-corrected chi connectivity index (χ1v) is 11.6. The van der Waals surface area contributed by atoms with Crippen molar-refractivity contribution in [2.24, 2.45) is 0 Å². The molecule has 0 unspecified atom stereocenters. The number of carbonyl (C=O) groups is 3. The van der Waals surface area contributed by atoms with Gasteiger partial charge in [0.2, 0.25) is 0 Å². The van der Waals surface area contributed by atoms with Gasteiger partial charge in [0.15, 0.2) is 0 Å². The van der Waals surface area contributed by atoms with E-state index in [0.29, 0.717) is 22.7 Å².